The van der Waals surface area contributed by atoms with E-state index in [2.05, 4.69) is 16.7 Å². The predicted molar refractivity (Wildman–Crippen MR) is 80.2 cm³/mol. The summed E-state index contributed by atoms with van der Waals surface area (Å²) in [6.45, 7) is 9.56. The molecule has 3 nitrogen and oxygen atoms in total. The van der Waals surface area contributed by atoms with Crippen LogP contribution < -0.4 is 5.73 Å². The fraction of sp³-hybridized carbons (Fsp3) is 1.00. The lowest BCUT2D eigenvalue weighted by atomic mass is 9.88. The Kier molecular flexibility index (Phi) is 4.16. The predicted octanol–water partition coefficient (Wildman–Crippen LogP) is 1.92. The smallest absolute Gasteiger partial charge is 0.0344 e. The largest absolute Gasteiger partial charge is 0.329 e. The number of nitrogens with two attached hydrogens (primary N) is 1. The zero-order valence-corrected chi connectivity index (χ0v) is 12.6. The first kappa shape index (κ1) is 13.8. The number of fused-ring (bicyclic) bond motifs is 1. The lowest BCUT2D eigenvalue weighted by molar-refractivity contribution is 0.0955. The van der Waals surface area contributed by atoms with E-state index in [0.29, 0.717) is 5.54 Å². The molecule has 1 saturated carbocycles. The van der Waals surface area contributed by atoms with Gasteiger partial charge in [-0.05, 0) is 63.6 Å². The second kappa shape index (κ2) is 5.71. The fourth-order valence-electron chi connectivity index (χ4n) is 4.82. The van der Waals surface area contributed by atoms with Gasteiger partial charge in [-0.3, -0.25) is 4.90 Å². The van der Waals surface area contributed by atoms with Gasteiger partial charge in [0.1, 0.15) is 0 Å². The van der Waals surface area contributed by atoms with E-state index in [4.69, 9.17) is 5.73 Å². The van der Waals surface area contributed by atoms with Crippen molar-refractivity contribution in [3.63, 3.8) is 0 Å². The van der Waals surface area contributed by atoms with Crippen molar-refractivity contribution >= 4 is 0 Å². The molecule has 2 heterocycles. The maximum atomic E-state index is 6.26. The Morgan fingerprint density at radius 1 is 1.05 bits per heavy atom. The normalized spacial score (nSPS) is 41.4. The Morgan fingerprint density at radius 2 is 1.79 bits per heavy atom. The van der Waals surface area contributed by atoms with E-state index in [9.17, 15) is 0 Å². The molecule has 0 aromatic heterocycles. The van der Waals surface area contributed by atoms with E-state index < -0.39 is 0 Å². The van der Waals surface area contributed by atoms with Crippen molar-refractivity contribution in [1.82, 2.24) is 9.80 Å². The van der Waals surface area contributed by atoms with Gasteiger partial charge >= 0.3 is 0 Å². The molecule has 0 bridgehead atoms. The summed E-state index contributed by atoms with van der Waals surface area (Å²) in [7, 11) is 0. The fourth-order valence-corrected chi connectivity index (χ4v) is 4.82. The van der Waals surface area contributed by atoms with Gasteiger partial charge in [0.05, 0.1) is 0 Å². The summed E-state index contributed by atoms with van der Waals surface area (Å²) in [6.07, 6.45) is 8.36. The molecule has 3 unspecified atom stereocenters. The molecule has 0 aromatic carbocycles. The molecule has 0 amide bonds. The van der Waals surface area contributed by atoms with Crippen LogP contribution >= 0.6 is 0 Å². The van der Waals surface area contributed by atoms with Crippen molar-refractivity contribution < 1.29 is 0 Å². The van der Waals surface area contributed by atoms with Gasteiger partial charge in [0, 0.05) is 25.2 Å². The van der Waals surface area contributed by atoms with Crippen molar-refractivity contribution in [1.29, 1.82) is 0 Å². The summed E-state index contributed by atoms with van der Waals surface area (Å²) < 4.78 is 0. The van der Waals surface area contributed by atoms with Gasteiger partial charge in [-0.1, -0.05) is 13.3 Å². The minimum Gasteiger partial charge on any atom is -0.329 e. The summed E-state index contributed by atoms with van der Waals surface area (Å²) in [6, 6.07) is 0. The van der Waals surface area contributed by atoms with Gasteiger partial charge in [-0.15, -0.1) is 0 Å². The third kappa shape index (κ3) is 2.57. The average Bonchev–Trinajstić information content (AvgIpc) is 2.95. The molecule has 110 valence electrons. The summed E-state index contributed by atoms with van der Waals surface area (Å²) >= 11 is 0. The van der Waals surface area contributed by atoms with Gasteiger partial charge in [0.15, 0.2) is 0 Å². The summed E-state index contributed by atoms with van der Waals surface area (Å²) in [5.74, 6) is 1.99. The van der Waals surface area contributed by atoms with Crippen molar-refractivity contribution in [3.05, 3.63) is 0 Å². The Balaban J connectivity index is 1.69. The molecule has 0 aromatic rings. The summed E-state index contributed by atoms with van der Waals surface area (Å²) in [5.41, 5.74) is 6.59. The number of hydrogen-bond acceptors (Lipinski definition) is 3. The number of likely N-dealkylation sites (tertiary alicyclic amines) is 2. The number of rotatable bonds is 3. The van der Waals surface area contributed by atoms with Crippen LogP contribution in [0.1, 0.15) is 45.4 Å². The molecular formula is C16H31N3. The van der Waals surface area contributed by atoms with E-state index in [-0.39, 0.29) is 0 Å². The van der Waals surface area contributed by atoms with E-state index in [1.807, 2.05) is 0 Å². The monoisotopic (exact) mass is 265 g/mol. The maximum Gasteiger partial charge on any atom is 0.0344 e. The van der Waals surface area contributed by atoms with Crippen LogP contribution in [0.25, 0.3) is 0 Å². The molecule has 3 heteroatoms. The highest BCUT2D eigenvalue weighted by molar-refractivity contribution is 5.00. The Bertz CT molecular complexity index is 294. The van der Waals surface area contributed by atoms with Gasteiger partial charge in [-0.25, -0.2) is 0 Å². The minimum atomic E-state index is 0.328. The first-order valence-electron chi connectivity index (χ1n) is 8.45. The van der Waals surface area contributed by atoms with Crippen LogP contribution in [0.15, 0.2) is 0 Å². The molecule has 2 N–H and O–H groups in total. The maximum absolute atomic E-state index is 6.26. The minimum absolute atomic E-state index is 0.328. The quantitative estimate of drug-likeness (QED) is 0.846. The highest BCUT2D eigenvalue weighted by atomic mass is 15.3. The van der Waals surface area contributed by atoms with Crippen LogP contribution in [0, 0.1) is 11.8 Å². The standard InChI is InChI=1S/C16H31N3/c1-2-18-9-4-7-16(13-17,8-10-18)19-11-14-5-3-6-15(14)12-19/h14-15H,2-13,17H2,1H3. The molecule has 1 aliphatic carbocycles. The molecule has 0 spiro atoms. The van der Waals surface area contributed by atoms with Crippen molar-refractivity contribution in [3.8, 4) is 0 Å². The molecule has 3 rings (SSSR count). The third-order valence-corrected chi connectivity index (χ3v) is 6.23. The molecule has 0 radical (unpaired) electrons. The Morgan fingerprint density at radius 3 is 2.42 bits per heavy atom. The molecule has 3 fully saturated rings. The van der Waals surface area contributed by atoms with Gasteiger partial charge in [-0.2, -0.15) is 0 Å². The molecule has 2 aliphatic heterocycles. The number of hydrogen-bond donors (Lipinski definition) is 1. The lowest BCUT2D eigenvalue weighted by Gasteiger charge is -2.41. The van der Waals surface area contributed by atoms with Gasteiger partial charge in [0.2, 0.25) is 0 Å². The summed E-state index contributed by atoms with van der Waals surface area (Å²) in [4.78, 5) is 5.41. The molecular weight excluding hydrogens is 234 g/mol. The van der Waals surface area contributed by atoms with Crippen LogP contribution in [0.3, 0.4) is 0 Å². The molecule has 3 aliphatic rings. The topological polar surface area (TPSA) is 32.5 Å². The van der Waals surface area contributed by atoms with E-state index >= 15 is 0 Å². The first-order valence-corrected chi connectivity index (χ1v) is 8.45. The average molecular weight is 265 g/mol. The highest BCUT2D eigenvalue weighted by Gasteiger charge is 2.45. The first-order chi connectivity index (χ1) is 9.27. The van der Waals surface area contributed by atoms with Crippen LogP contribution in [0.5, 0.6) is 0 Å². The zero-order valence-electron chi connectivity index (χ0n) is 12.6. The van der Waals surface area contributed by atoms with Crippen molar-refractivity contribution in [2.24, 2.45) is 17.6 Å². The van der Waals surface area contributed by atoms with E-state index in [1.54, 1.807) is 0 Å². The van der Waals surface area contributed by atoms with Crippen molar-refractivity contribution in [2.75, 3.05) is 39.3 Å². The molecule has 19 heavy (non-hydrogen) atoms. The third-order valence-electron chi connectivity index (χ3n) is 6.23. The lowest BCUT2D eigenvalue weighted by Crippen LogP contribution is -2.53. The van der Waals surface area contributed by atoms with Crippen LogP contribution in [-0.4, -0.2) is 54.6 Å². The van der Waals surface area contributed by atoms with Gasteiger partial charge in [0.25, 0.3) is 0 Å². The Labute approximate surface area is 118 Å². The second-order valence-corrected chi connectivity index (χ2v) is 7.07. The Hall–Kier alpha value is -0.120. The highest BCUT2D eigenvalue weighted by Crippen LogP contribution is 2.42. The number of nitrogens with zero attached hydrogens (tertiary/aromatic N) is 2. The van der Waals surface area contributed by atoms with Crippen LogP contribution in [0.4, 0.5) is 0 Å². The molecule has 3 atom stereocenters. The van der Waals surface area contributed by atoms with E-state index in [1.165, 1.54) is 71.2 Å². The van der Waals surface area contributed by atoms with E-state index in [0.717, 1.165) is 18.4 Å². The van der Waals surface area contributed by atoms with Gasteiger partial charge < -0.3 is 10.6 Å². The summed E-state index contributed by atoms with van der Waals surface area (Å²) in [5, 5.41) is 0. The second-order valence-electron chi connectivity index (χ2n) is 7.07. The van der Waals surface area contributed by atoms with Crippen LogP contribution in [0.2, 0.25) is 0 Å². The SMILES string of the molecule is CCN1CCCC(CN)(N2CC3CCCC3C2)CC1. The van der Waals surface area contributed by atoms with Crippen molar-refractivity contribution in [2.45, 2.75) is 51.0 Å². The van der Waals surface area contributed by atoms with Crippen LogP contribution in [-0.2, 0) is 0 Å². The molecule has 2 saturated heterocycles. The zero-order chi connectivity index (χ0) is 13.3.